The van der Waals surface area contributed by atoms with Crippen molar-refractivity contribution in [1.82, 2.24) is 9.55 Å². The van der Waals surface area contributed by atoms with Crippen LogP contribution >= 0.6 is 11.6 Å². The molecule has 0 aromatic carbocycles. The van der Waals surface area contributed by atoms with Crippen molar-refractivity contribution in [3.05, 3.63) is 22.7 Å². The number of aromatic nitrogens is 2. The van der Waals surface area contributed by atoms with E-state index in [4.69, 9.17) is 11.6 Å². The van der Waals surface area contributed by atoms with E-state index in [0.717, 1.165) is 25.7 Å². The maximum absolute atomic E-state index is 12.3. The van der Waals surface area contributed by atoms with E-state index >= 15 is 0 Å². The van der Waals surface area contributed by atoms with Crippen molar-refractivity contribution in [2.24, 2.45) is 0 Å². The number of aryl methyl sites for hydroxylation is 1. The summed E-state index contributed by atoms with van der Waals surface area (Å²) in [6.45, 7) is 2.67. The molecule has 3 rings (SSSR count). The van der Waals surface area contributed by atoms with Crippen LogP contribution in [0.1, 0.15) is 32.6 Å². The quantitative estimate of drug-likeness (QED) is 0.770. The van der Waals surface area contributed by atoms with E-state index in [2.05, 4.69) is 9.88 Å². The standard InChI is InChI=1S/C13H18ClN3O/c1-2-16-6-5-15-12(13(16)18)17-10-3-4-11(17)8-9(14)7-10/h5-6,9-11H,2-4,7-8H2,1H3. The Morgan fingerprint density at radius 3 is 2.67 bits per heavy atom. The number of fused-ring (bicyclic) bond motifs is 2. The van der Waals surface area contributed by atoms with Gasteiger partial charge < -0.3 is 9.47 Å². The van der Waals surface area contributed by atoms with Crippen LogP contribution in [0.15, 0.2) is 17.2 Å². The number of alkyl halides is 1. The summed E-state index contributed by atoms with van der Waals surface area (Å²) in [6.07, 6.45) is 7.70. The second-order valence-corrected chi connectivity index (χ2v) is 5.82. The lowest BCUT2D eigenvalue weighted by molar-refractivity contribution is 0.467. The molecule has 0 N–H and O–H groups in total. The zero-order chi connectivity index (χ0) is 12.7. The molecule has 1 aromatic heterocycles. The van der Waals surface area contributed by atoms with Crippen LogP contribution in [0.2, 0.25) is 0 Å². The summed E-state index contributed by atoms with van der Waals surface area (Å²) in [5, 5.41) is 0.260. The first-order valence-corrected chi connectivity index (χ1v) is 7.12. The van der Waals surface area contributed by atoms with Gasteiger partial charge >= 0.3 is 0 Å². The maximum Gasteiger partial charge on any atom is 0.293 e. The van der Waals surface area contributed by atoms with E-state index in [1.165, 1.54) is 0 Å². The Labute approximate surface area is 112 Å². The highest BCUT2D eigenvalue weighted by molar-refractivity contribution is 6.20. The highest BCUT2D eigenvalue weighted by Crippen LogP contribution is 2.39. The van der Waals surface area contributed by atoms with Crippen LogP contribution in [0.25, 0.3) is 0 Å². The zero-order valence-electron chi connectivity index (χ0n) is 10.6. The number of hydrogen-bond acceptors (Lipinski definition) is 3. The lowest BCUT2D eigenvalue weighted by Gasteiger charge is -2.37. The highest BCUT2D eigenvalue weighted by Gasteiger charge is 2.41. The molecular weight excluding hydrogens is 250 g/mol. The van der Waals surface area contributed by atoms with Gasteiger partial charge in [0.15, 0.2) is 5.82 Å². The molecule has 2 fully saturated rings. The van der Waals surface area contributed by atoms with Crippen molar-refractivity contribution in [2.45, 2.75) is 56.6 Å². The third-order valence-corrected chi connectivity index (χ3v) is 4.51. The van der Waals surface area contributed by atoms with Gasteiger partial charge in [0.05, 0.1) is 0 Å². The van der Waals surface area contributed by atoms with E-state index in [1.807, 2.05) is 6.92 Å². The van der Waals surface area contributed by atoms with E-state index in [9.17, 15) is 4.79 Å². The molecule has 2 unspecified atom stereocenters. The van der Waals surface area contributed by atoms with E-state index in [0.29, 0.717) is 24.4 Å². The molecule has 5 heteroatoms. The SMILES string of the molecule is CCn1ccnc(N2C3CCC2CC(Cl)C3)c1=O. The average molecular weight is 268 g/mol. The van der Waals surface area contributed by atoms with E-state index in [-0.39, 0.29) is 10.9 Å². The molecule has 1 aromatic rings. The minimum Gasteiger partial charge on any atom is -0.346 e. The lowest BCUT2D eigenvalue weighted by atomic mass is 10.0. The summed E-state index contributed by atoms with van der Waals surface area (Å²) in [6, 6.07) is 0.804. The Morgan fingerprint density at radius 1 is 1.39 bits per heavy atom. The molecule has 0 aliphatic carbocycles. The Bertz CT molecular complexity index is 487. The fraction of sp³-hybridized carbons (Fsp3) is 0.692. The van der Waals surface area contributed by atoms with Gasteiger partial charge in [0.1, 0.15) is 0 Å². The van der Waals surface area contributed by atoms with Crippen LogP contribution in [0, 0.1) is 0 Å². The van der Waals surface area contributed by atoms with Crippen molar-refractivity contribution in [3.63, 3.8) is 0 Å². The normalized spacial score (nSPS) is 30.8. The summed E-state index contributed by atoms with van der Waals surface area (Å²) in [7, 11) is 0. The fourth-order valence-electron chi connectivity index (χ4n) is 3.32. The Morgan fingerprint density at radius 2 is 2.06 bits per heavy atom. The van der Waals surface area contributed by atoms with Crippen LogP contribution in [0.5, 0.6) is 0 Å². The largest absolute Gasteiger partial charge is 0.346 e. The zero-order valence-corrected chi connectivity index (χ0v) is 11.3. The number of piperidine rings is 1. The minimum absolute atomic E-state index is 0.0323. The van der Waals surface area contributed by atoms with E-state index in [1.54, 1.807) is 17.0 Å². The number of hydrogen-bond donors (Lipinski definition) is 0. The first-order valence-electron chi connectivity index (χ1n) is 6.68. The van der Waals surface area contributed by atoms with Gasteiger partial charge in [0.25, 0.3) is 5.56 Å². The summed E-state index contributed by atoms with van der Waals surface area (Å²) in [4.78, 5) is 18.9. The van der Waals surface area contributed by atoms with Gasteiger partial charge in [-0.3, -0.25) is 4.79 Å². The van der Waals surface area contributed by atoms with Crippen molar-refractivity contribution in [2.75, 3.05) is 4.90 Å². The molecule has 0 radical (unpaired) electrons. The smallest absolute Gasteiger partial charge is 0.293 e. The first kappa shape index (κ1) is 12.0. The van der Waals surface area contributed by atoms with Crippen LogP contribution in [0.3, 0.4) is 0 Å². The van der Waals surface area contributed by atoms with Gasteiger partial charge in [0.2, 0.25) is 0 Å². The topological polar surface area (TPSA) is 38.1 Å². The molecule has 98 valence electrons. The molecule has 4 nitrogen and oxygen atoms in total. The number of anilines is 1. The summed E-state index contributed by atoms with van der Waals surface area (Å²) in [5.74, 6) is 0.621. The van der Waals surface area contributed by atoms with Crippen molar-refractivity contribution >= 4 is 17.4 Å². The van der Waals surface area contributed by atoms with Crippen molar-refractivity contribution < 1.29 is 0 Å². The average Bonchev–Trinajstić information content (AvgIpc) is 2.62. The molecule has 18 heavy (non-hydrogen) atoms. The lowest BCUT2D eigenvalue weighted by Crippen LogP contribution is -2.47. The van der Waals surface area contributed by atoms with Crippen molar-refractivity contribution in [3.8, 4) is 0 Å². The molecule has 2 atom stereocenters. The second-order valence-electron chi connectivity index (χ2n) is 5.20. The second kappa shape index (κ2) is 4.57. The van der Waals surface area contributed by atoms with Crippen LogP contribution in [-0.2, 0) is 6.54 Å². The maximum atomic E-state index is 12.3. The van der Waals surface area contributed by atoms with Crippen LogP contribution < -0.4 is 10.5 Å². The van der Waals surface area contributed by atoms with Gasteiger partial charge in [-0.2, -0.15) is 0 Å². The number of nitrogens with zero attached hydrogens (tertiary/aromatic N) is 3. The third kappa shape index (κ3) is 1.83. The summed E-state index contributed by atoms with van der Waals surface area (Å²) in [5.41, 5.74) is 0.0323. The minimum atomic E-state index is 0.0323. The van der Waals surface area contributed by atoms with Gasteiger partial charge in [-0.25, -0.2) is 4.98 Å². The molecule has 0 spiro atoms. The van der Waals surface area contributed by atoms with Gasteiger partial charge in [-0.1, -0.05) is 0 Å². The number of rotatable bonds is 2. The highest BCUT2D eigenvalue weighted by atomic mass is 35.5. The van der Waals surface area contributed by atoms with Gasteiger partial charge in [-0.05, 0) is 32.6 Å². The first-order chi connectivity index (χ1) is 8.70. The fourth-order valence-corrected chi connectivity index (χ4v) is 3.73. The predicted octanol–water partition coefficient (Wildman–Crippen LogP) is 2.00. The summed E-state index contributed by atoms with van der Waals surface area (Å²) < 4.78 is 1.72. The third-order valence-electron chi connectivity index (χ3n) is 4.16. The molecule has 2 aliphatic heterocycles. The molecule has 2 saturated heterocycles. The molecule has 0 amide bonds. The molecule has 3 heterocycles. The molecule has 2 bridgehead atoms. The van der Waals surface area contributed by atoms with Crippen molar-refractivity contribution in [1.29, 1.82) is 0 Å². The number of halogens is 1. The Kier molecular flexibility index (Phi) is 3.06. The van der Waals surface area contributed by atoms with Crippen LogP contribution in [-0.4, -0.2) is 27.0 Å². The predicted molar refractivity (Wildman–Crippen MR) is 72.3 cm³/mol. The van der Waals surface area contributed by atoms with Crippen LogP contribution in [0.4, 0.5) is 5.82 Å². The molecule has 0 saturated carbocycles. The van der Waals surface area contributed by atoms with Gasteiger partial charge in [0, 0.05) is 36.4 Å². The Hall–Kier alpha value is -1.03. The van der Waals surface area contributed by atoms with Gasteiger partial charge in [-0.15, -0.1) is 11.6 Å². The van der Waals surface area contributed by atoms with E-state index < -0.39 is 0 Å². The monoisotopic (exact) mass is 267 g/mol. The summed E-state index contributed by atoms with van der Waals surface area (Å²) >= 11 is 6.27. The molecular formula is C13H18ClN3O. The molecule has 2 aliphatic rings. The Balaban J connectivity index is 1.99.